The first-order chi connectivity index (χ1) is 20.6. The molecule has 0 spiro atoms. The van der Waals surface area contributed by atoms with Crippen LogP contribution in [-0.2, 0) is 9.47 Å². The van der Waals surface area contributed by atoms with Gasteiger partial charge in [-0.05, 0) is 55.5 Å². The number of ether oxygens (including phenoxy) is 2. The van der Waals surface area contributed by atoms with Gasteiger partial charge in [0.15, 0.2) is 0 Å². The normalized spacial score (nSPS) is 18.9. The first kappa shape index (κ1) is 27.7. The fourth-order valence-corrected chi connectivity index (χ4v) is 5.54. The van der Waals surface area contributed by atoms with E-state index in [2.05, 4.69) is 20.6 Å². The second-order valence-corrected chi connectivity index (χ2v) is 10.6. The van der Waals surface area contributed by atoms with Crippen LogP contribution in [-0.4, -0.2) is 77.2 Å². The van der Waals surface area contributed by atoms with Crippen molar-refractivity contribution in [2.24, 2.45) is 0 Å². The van der Waals surface area contributed by atoms with Crippen LogP contribution in [0, 0.1) is 0 Å². The summed E-state index contributed by atoms with van der Waals surface area (Å²) in [6, 6.07) is 16.7. The molecule has 2 N–H and O–H groups in total. The SMILES string of the molecule is COC1CCC(Nc2ncc3c(NC(=O)c4ccccc4)ncc(-c4ccc(C(=O)N5CCOCC5)cc4)c3n2)CC1. The van der Waals surface area contributed by atoms with Gasteiger partial charge in [-0.2, -0.15) is 0 Å². The molecule has 1 saturated carbocycles. The molecule has 2 aliphatic rings. The molecular weight excluding hydrogens is 532 g/mol. The molecule has 0 atom stereocenters. The van der Waals surface area contributed by atoms with Crippen LogP contribution in [0.4, 0.5) is 11.8 Å². The number of aromatic nitrogens is 3. The number of carbonyl (C=O) groups excluding carboxylic acids is 2. The summed E-state index contributed by atoms with van der Waals surface area (Å²) in [4.78, 5) is 41.9. The van der Waals surface area contributed by atoms with Crippen LogP contribution in [0.2, 0.25) is 0 Å². The maximum absolute atomic E-state index is 13.0. The van der Waals surface area contributed by atoms with Crippen LogP contribution in [0.5, 0.6) is 0 Å². The van der Waals surface area contributed by atoms with Gasteiger partial charge in [0.1, 0.15) is 5.82 Å². The van der Waals surface area contributed by atoms with Gasteiger partial charge in [-0.3, -0.25) is 9.59 Å². The Bertz CT molecular complexity index is 1550. The second kappa shape index (κ2) is 12.6. The van der Waals surface area contributed by atoms with E-state index in [9.17, 15) is 9.59 Å². The van der Waals surface area contributed by atoms with Gasteiger partial charge < -0.3 is 25.0 Å². The standard InChI is InChI=1S/C32H34N6O4/c1-41-25-13-11-24(12-14-25)35-32-34-20-27-28(36-32)26(19-33-29(27)37-30(39)22-5-3-2-4-6-22)21-7-9-23(10-8-21)31(40)38-15-17-42-18-16-38/h2-10,19-20,24-25H,11-18H2,1H3,(H,33,37,39)(H,34,35,36). The highest BCUT2D eigenvalue weighted by molar-refractivity contribution is 6.09. The zero-order valence-corrected chi connectivity index (χ0v) is 23.6. The summed E-state index contributed by atoms with van der Waals surface area (Å²) in [7, 11) is 1.76. The van der Waals surface area contributed by atoms with Crippen molar-refractivity contribution in [3.8, 4) is 11.1 Å². The van der Waals surface area contributed by atoms with Crippen LogP contribution >= 0.6 is 0 Å². The molecule has 1 aliphatic carbocycles. The Balaban J connectivity index is 1.32. The minimum atomic E-state index is -0.264. The molecule has 3 heterocycles. The number of rotatable bonds is 7. The minimum Gasteiger partial charge on any atom is -0.381 e. The van der Waals surface area contributed by atoms with E-state index in [1.165, 1.54) is 0 Å². The summed E-state index contributed by atoms with van der Waals surface area (Å²) in [6.07, 6.45) is 7.64. The zero-order chi connectivity index (χ0) is 28.9. The van der Waals surface area contributed by atoms with Gasteiger partial charge in [0.25, 0.3) is 11.8 Å². The molecule has 2 aromatic heterocycles. The molecule has 42 heavy (non-hydrogen) atoms. The van der Waals surface area contributed by atoms with Crippen LogP contribution in [0.25, 0.3) is 22.0 Å². The molecule has 1 saturated heterocycles. The molecule has 2 aromatic carbocycles. The van der Waals surface area contributed by atoms with E-state index < -0.39 is 0 Å². The van der Waals surface area contributed by atoms with Crippen LogP contribution in [0.15, 0.2) is 67.0 Å². The molecule has 0 radical (unpaired) electrons. The van der Waals surface area contributed by atoms with E-state index in [1.54, 1.807) is 31.6 Å². The molecule has 10 nitrogen and oxygen atoms in total. The number of methoxy groups -OCH3 is 1. The zero-order valence-electron chi connectivity index (χ0n) is 23.6. The van der Waals surface area contributed by atoms with Crippen LogP contribution in [0.1, 0.15) is 46.4 Å². The number of benzene rings is 2. The average molecular weight is 567 g/mol. The van der Waals surface area contributed by atoms with Gasteiger partial charge in [-0.25, -0.2) is 15.0 Å². The van der Waals surface area contributed by atoms with E-state index in [4.69, 9.17) is 14.5 Å². The van der Waals surface area contributed by atoms with Gasteiger partial charge in [0.2, 0.25) is 5.95 Å². The van der Waals surface area contributed by atoms with Gasteiger partial charge in [-0.1, -0.05) is 30.3 Å². The van der Waals surface area contributed by atoms with Gasteiger partial charge >= 0.3 is 0 Å². The van der Waals surface area contributed by atoms with Crippen molar-refractivity contribution in [2.45, 2.75) is 37.8 Å². The van der Waals surface area contributed by atoms with E-state index in [0.29, 0.717) is 66.2 Å². The van der Waals surface area contributed by atoms with Crippen LogP contribution < -0.4 is 10.6 Å². The predicted molar refractivity (Wildman–Crippen MR) is 161 cm³/mol. The Morgan fingerprint density at radius 3 is 2.36 bits per heavy atom. The lowest BCUT2D eigenvalue weighted by Crippen LogP contribution is -2.40. The van der Waals surface area contributed by atoms with Crippen LogP contribution in [0.3, 0.4) is 0 Å². The van der Waals surface area contributed by atoms with Crippen molar-refractivity contribution in [3.63, 3.8) is 0 Å². The number of amides is 2. The third kappa shape index (κ3) is 6.09. The van der Waals surface area contributed by atoms with Crippen molar-refractivity contribution in [2.75, 3.05) is 44.0 Å². The highest BCUT2D eigenvalue weighted by atomic mass is 16.5. The minimum absolute atomic E-state index is 0.0104. The molecule has 2 amide bonds. The van der Waals surface area contributed by atoms with Gasteiger partial charge in [0.05, 0.1) is 30.2 Å². The molecule has 0 unspecified atom stereocenters. The molecule has 1 aliphatic heterocycles. The molecule has 10 heteroatoms. The van der Waals surface area contributed by atoms with Gasteiger partial charge in [-0.15, -0.1) is 0 Å². The number of anilines is 2. The average Bonchev–Trinajstić information content (AvgIpc) is 3.06. The molecule has 0 bridgehead atoms. The number of nitrogens with one attached hydrogen (secondary N) is 2. The lowest BCUT2D eigenvalue weighted by Gasteiger charge is -2.28. The number of carbonyl (C=O) groups is 2. The first-order valence-electron chi connectivity index (χ1n) is 14.4. The topological polar surface area (TPSA) is 119 Å². The maximum Gasteiger partial charge on any atom is 0.256 e. The number of hydrogen-bond acceptors (Lipinski definition) is 8. The Morgan fingerprint density at radius 2 is 1.64 bits per heavy atom. The summed E-state index contributed by atoms with van der Waals surface area (Å²) in [5.74, 6) is 0.633. The van der Waals surface area contributed by atoms with E-state index in [0.717, 1.165) is 36.8 Å². The Kier molecular flexibility index (Phi) is 8.34. The van der Waals surface area contributed by atoms with Crippen molar-refractivity contribution in [1.82, 2.24) is 19.9 Å². The smallest absolute Gasteiger partial charge is 0.256 e. The number of hydrogen-bond donors (Lipinski definition) is 2. The largest absolute Gasteiger partial charge is 0.381 e. The van der Waals surface area contributed by atoms with E-state index in [-0.39, 0.29) is 17.9 Å². The summed E-state index contributed by atoms with van der Waals surface area (Å²) < 4.78 is 10.9. The summed E-state index contributed by atoms with van der Waals surface area (Å²) in [5, 5.41) is 7.05. The fourth-order valence-electron chi connectivity index (χ4n) is 5.54. The van der Waals surface area contributed by atoms with E-state index >= 15 is 0 Å². The molecule has 6 rings (SSSR count). The molecule has 2 fully saturated rings. The third-order valence-electron chi connectivity index (χ3n) is 7.97. The van der Waals surface area contributed by atoms with Crippen molar-refractivity contribution in [3.05, 3.63) is 78.1 Å². The summed E-state index contributed by atoms with van der Waals surface area (Å²) in [5.41, 5.74) is 3.44. The highest BCUT2D eigenvalue weighted by Gasteiger charge is 2.23. The molecule has 4 aromatic rings. The molecule has 216 valence electrons. The number of nitrogens with zero attached hydrogens (tertiary/aromatic N) is 4. The Hall–Kier alpha value is -4.41. The van der Waals surface area contributed by atoms with Crippen molar-refractivity contribution in [1.29, 1.82) is 0 Å². The number of pyridine rings is 1. The fraction of sp³-hybridized carbons (Fsp3) is 0.344. The molecular formula is C32H34N6O4. The van der Waals surface area contributed by atoms with Crippen molar-refractivity contribution < 1.29 is 19.1 Å². The summed E-state index contributed by atoms with van der Waals surface area (Å²) >= 11 is 0. The quantitative estimate of drug-likeness (QED) is 0.328. The third-order valence-corrected chi connectivity index (χ3v) is 7.97. The van der Waals surface area contributed by atoms with E-state index in [1.807, 2.05) is 47.4 Å². The Labute approximate surface area is 244 Å². The van der Waals surface area contributed by atoms with Crippen molar-refractivity contribution >= 4 is 34.5 Å². The highest BCUT2D eigenvalue weighted by Crippen LogP contribution is 2.32. The lowest BCUT2D eigenvalue weighted by atomic mass is 9.93. The lowest BCUT2D eigenvalue weighted by molar-refractivity contribution is 0.0303. The first-order valence-corrected chi connectivity index (χ1v) is 14.4. The second-order valence-electron chi connectivity index (χ2n) is 10.6. The predicted octanol–water partition coefficient (Wildman–Crippen LogP) is 4.79. The number of morpholine rings is 1. The maximum atomic E-state index is 13.0. The summed E-state index contributed by atoms with van der Waals surface area (Å²) in [6.45, 7) is 2.29. The Morgan fingerprint density at radius 1 is 0.905 bits per heavy atom. The monoisotopic (exact) mass is 566 g/mol. The number of fused-ring (bicyclic) bond motifs is 1. The van der Waals surface area contributed by atoms with Gasteiger partial charge in [0, 0.05) is 55.3 Å².